The van der Waals surface area contributed by atoms with Crippen LogP contribution >= 0.6 is 0 Å². The second kappa shape index (κ2) is 10.3. The molecule has 8 nitrogen and oxygen atoms in total. The maximum absolute atomic E-state index is 13.1. The van der Waals surface area contributed by atoms with Gasteiger partial charge in [0.25, 0.3) is 5.91 Å². The number of hydrogen-bond donors (Lipinski definition) is 3. The highest BCUT2D eigenvalue weighted by Gasteiger charge is 2.48. The van der Waals surface area contributed by atoms with Gasteiger partial charge < -0.3 is 25.7 Å². The Kier molecular flexibility index (Phi) is 6.85. The molecule has 3 fully saturated rings. The summed E-state index contributed by atoms with van der Waals surface area (Å²) >= 11 is 0. The summed E-state index contributed by atoms with van der Waals surface area (Å²) in [7, 11) is 1.75. The molecule has 2 aromatic carbocycles. The van der Waals surface area contributed by atoms with Crippen LogP contribution in [0.25, 0.3) is 10.9 Å². The lowest BCUT2D eigenvalue weighted by Gasteiger charge is -2.55. The molecule has 0 bridgehead atoms. The third-order valence-corrected chi connectivity index (χ3v) is 9.33. The van der Waals surface area contributed by atoms with Gasteiger partial charge >= 0.3 is 0 Å². The van der Waals surface area contributed by atoms with Gasteiger partial charge in [-0.25, -0.2) is 0 Å². The average Bonchev–Trinajstić information content (AvgIpc) is 3.44. The van der Waals surface area contributed by atoms with Crippen molar-refractivity contribution in [2.75, 3.05) is 39.8 Å². The normalized spacial score (nSPS) is 25.5. The minimum atomic E-state index is -0.103. The van der Waals surface area contributed by atoms with E-state index in [1.54, 1.807) is 12.0 Å². The van der Waals surface area contributed by atoms with Gasteiger partial charge in [-0.1, -0.05) is 12.1 Å². The highest BCUT2D eigenvalue weighted by atomic mass is 16.5. The molecule has 1 aromatic heterocycles. The summed E-state index contributed by atoms with van der Waals surface area (Å²) in [5.41, 5.74) is 11.8. The van der Waals surface area contributed by atoms with Crippen LogP contribution in [0.2, 0.25) is 0 Å². The lowest BCUT2D eigenvalue weighted by molar-refractivity contribution is -0.123. The molecular formula is C31H39N5O3. The van der Waals surface area contributed by atoms with Gasteiger partial charge in [0, 0.05) is 53.9 Å². The number of piperidine rings is 1. The number of carbonyl (C=O) groups excluding carboxylic acids is 2. The van der Waals surface area contributed by atoms with Crippen molar-refractivity contribution in [2.24, 2.45) is 17.1 Å². The Bertz CT molecular complexity index is 1370. The van der Waals surface area contributed by atoms with Crippen molar-refractivity contribution in [2.45, 2.75) is 45.2 Å². The first-order chi connectivity index (χ1) is 18.9. The summed E-state index contributed by atoms with van der Waals surface area (Å²) in [6, 6.07) is 12.6. The number of likely N-dealkylation sites (tertiary alicyclic amines) is 1. The molecule has 3 aliphatic rings. The lowest BCUT2D eigenvalue weighted by atomic mass is 9.56. The highest BCUT2D eigenvalue weighted by Crippen LogP contribution is 2.56. The molecule has 39 heavy (non-hydrogen) atoms. The van der Waals surface area contributed by atoms with Gasteiger partial charge in [-0.3, -0.25) is 14.5 Å². The Hall–Kier alpha value is -3.36. The number of carbonyl (C=O) groups is 2. The zero-order chi connectivity index (χ0) is 27.1. The topological polar surface area (TPSA) is 104 Å². The van der Waals surface area contributed by atoms with Gasteiger partial charge in [0.05, 0.1) is 13.7 Å². The van der Waals surface area contributed by atoms with Crippen molar-refractivity contribution in [3.05, 3.63) is 64.8 Å². The predicted molar refractivity (Wildman–Crippen MR) is 152 cm³/mol. The molecule has 2 amide bonds. The maximum atomic E-state index is 13.1. The number of rotatable bonds is 6. The number of aromatic nitrogens is 1. The lowest BCUT2D eigenvalue weighted by Crippen LogP contribution is -2.50. The minimum Gasteiger partial charge on any atom is -0.496 e. The number of nitrogens with one attached hydrogen (secondary N) is 2. The van der Waals surface area contributed by atoms with Crippen molar-refractivity contribution in [3.63, 3.8) is 0 Å². The summed E-state index contributed by atoms with van der Waals surface area (Å²) in [4.78, 5) is 32.5. The number of hydrogen-bond acceptors (Lipinski definition) is 5. The maximum Gasteiger partial charge on any atom is 0.254 e. The van der Waals surface area contributed by atoms with E-state index in [-0.39, 0.29) is 24.4 Å². The SMILES string of the molecule is COc1cc(C)c2[nH]ccc2c1CN1CCC2(CC(CN)C2)C[C@H]1c1ccc(C(=O)N2CCNC(=O)C2)cc1. The van der Waals surface area contributed by atoms with Crippen molar-refractivity contribution < 1.29 is 14.3 Å². The zero-order valence-corrected chi connectivity index (χ0v) is 23.0. The van der Waals surface area contributed by atoms with Crippen LogP contribution in [-0.4, -0.2) is 66.4 Å². The standard InChI is InChI=1S/C31H39N5O3/c1-20-13-27(39-2)25(24-7-9-34-29(20)24)18-35-11-8-31(14-21(15-31)17-32)16-26(35)22-3-5-23(6-4-22)30(38)36-12-10-33-28(37)19-36/h3-7,9,13,21,26,34H,8,10-12,14-19,32H2,1-2H3,(H,33,37)/t21?,26-,31?/m0/s1. The smallest absolute Gasteiger partial charge is 0.254 e. The van der Waals surface area contributed by atoms with Crippen LogP contribution in [0.3, 0.4) is 0 Å². The number of amides is 2. The predicted octanol–water partition coefficient (Wildman–Crippen LogP) is 3.75. The molecule has 8 heteroatoms. The van der Waals surface area contributed by atoms with Gasteiger partial charge in [0.1, 0.15) is 5.75 Å². The molecule has 3 aromatic rings. The Morgan fingerprint density at radius 3 is 2.67 bits per heavy atom. The number of methoxy groups -OCH3 is 1. The third-order valence-electron chi connectivity index (χ3n) is 9.33. The summed E-state index contributed by atoms with van der Waals surface area (Å²) in [5, 5.41) is 4.00. The Morgan fingerprint density at radius 2 is 1.95 bits per heavy atom. The molecule has 206 valence electrons. The number of nitrogens with zero attached hydrogens (tertiary/aromatic N) is 2. The van der Waals surface area contributed by atoms with Crippen LogP contribution < -0.4 is 15.8 Å². The molecule has 1 atom stereocenters. The molecule has 1 aliphatic carbocycles. The number of nitrogens with two attached hydrogens (primary N) is 1. The van der Waals surface area contributed by atoms with E-state index in [1.165, 1.54) is 41.3 Å². The molecule has 1 spiro atoms. The van der Waals surface area contributed by atoms with Gasteiger partial charge in [0.2, 0.25) is 5.91 Å². The number of benzene rings is 2. The van der Waals surface area contributed by atoms with E-state index in [0.717, 1.165) is 37.3 Å². The number of ether oxygens (including phenoxy) is 1. The molecule has 0 unspecified atom stereocenters. The van der Waals surface area contributed by atoms with E-state index in [4.69, 9.17) is 10.5 Å². The van der Waals surface area contributed by atoms with E-state index in [9.17, 15) is 9.59 Å². The fourth-order valence-corrected chi connectivity index (χ4v) is 7.22. The zero-order valence-electron chi connectivity index (χ0n) is 23.0. The van der Waals surface area contributed by atoms with Crippen molar-refractivity contribution >= 4 is 22.7 Å². The first kappa shape index (κ1) is 25.9. The number of H-pyrrole nitrogens is 1. The first-order valence-corrected chi connectivity index (χ1v) is 14.1. The number of piperazine rings is 1. The molecule has 3 heterocycles. The van der Waals surface area contributed by atoms with Gasteiger partial charge in [-0.05, 0) is 92.4 Å². The molecule has 6 rings (SSSR count). The van der Waals surface area contributed by atoms with Crippen LogP contribution in [-0.2, 0) is 11.3 Å². The van der Waals surface area contributed by atoms with E-state index >= 15 is 0 Å². The number of aryl methyl sites for hydroxylation is 1. The molecule has 2 saturated heterocycles. The van der Waals surface area contributed by atoms with Gasteiger partial charge in [0.15, 0.2) is 0 Å². The quantitative estimate of drug-likeness (QED) is 0.451. The van der Waals surface area contributed by atoms with E-state index in [2.05, 4.69) is 46.4 Å². The van der Waals surface area contributed by atoms with E-state index in [0.29, 0.717) is 30.0 Å². The molecule has 0 radical (unpaired) electrons. The largest absolute Gasteiger partial charge is 0.496 e. The highest BCUT2D eigenvalue weighted by molar-refractivity contribution is 5.97. The van der Waals surface area contributed by atoms with Crippen molar-refractivity contribution in [1.82, 2.24) is 20.1 Å². The summed E-state index contributed by atoms with van der Waals surface area (Å²) in [6.07, 6.45) is 6.69. The number of aromatic amines is 1. The molecule has 2 aliphatic heterocycles. The Labute approximate surface area is 229 Å². The third kappa shape index (κ3) is 4.80. The molecule has 1 saturated carbocycles. The van der Waals surface area contributed by atoms with Gasteiger partial charge in [-0.15, -0.1) is 0 Å². The monoisotopic (exact) mass is 529 g/mol. The first-order valence-electron chi connectivity index (χ1n) is 14.1. The molecular weight excluding hydrogens is 490 g/mol. The summed E-state index contributed by atoms with van der Waals surface area (Å²) in [5.74, 6) is 1.37. The van der Waals surface area contributed by atoms with Crippen molar-refractivity contribution in [1.29, 1.82) is 0 Å². The van der Waals surface area contributed by atoms with Crippen LogP contribution in [0.5, 0.6) is 5.75 Å². The Morgan fingerprint density at radius 1 is 1.15 bits per heavy atom. The van der Waals surface area contributed by atoms with Crippen LogP contribution in [0.1, 0.15) is 58.8 Å². The summed E-state index contributed by atoms with van der Waals surface area (Å²) < 4.78 is 5.87. The Balaban J connectivity index is 1.29. The summed E-state index contributed by atoms with van der Waals surface area (Å²) in [6.45, 7) is 5.85. The fourth-order valence-electron chi connectivity index (χ4n) is 7.22. The van der Waals surface area contributed by atoms with Crippen molar-refractivity contribution in [3.8, 4) is 5.75 Å². The van der Waals surface area contributed by atoms with Crippen LogP contribution in [0.15, 0.2) is 42.6 Å². The van der Waals surface area contributed by atoms with Crippen LogP contribution in [0.4, 0.5) is 0 Å². The molecule has 4 N–H and O–H groups in total. The van der Waals surface area contributed by atoms with Crippen LogP contribution in [0, 0.1) is 18.3 Å². The minimum absolute atomic E-state index is 0.0857. The fraction of sp³-hybridized carbons (Fsp3) is 0.484. The second-order valence-corrected chi connectivity index (χ2v) is 11.8. The second-order valence-electron chi connectivity index (χ2n) is 11.8. The average molecular weight is 530 g/mol. The van der Waals surface area contributed by atoms with E-state index in [1.807, 2.05) is 18.3 Å². The van der Waals surface area contributed by atoms with E-state index < -0.39 is 0 Å². The number of fused-ring (bicyclic) bond motifs is 1. The van der Waals surface area contributed by atoms with Gasteiger partial charge in [-0.2, -0.15) is 0 Å².